The van der Waals surface area contributed by atoms with Crippen LogP contribution in [0.1, 0.15) is 37.8 Å². The highest BCUT2D eigenvalue weighted by Gasteiger charge is 2.19. The molecule has 2 amide bonds. The number of aromatic nitrogens is 2. The van der Waals surface area contributed by atoms with E-state index in [4.69, 9.17) is 9.84 Å². The summed E-state index contributed by atoms with van der Waals surface area (Å²) in [5.41, 5.74) is -0.643. The van der Waals surface area contributed by atoms with Crippen LogP contribution in [0.3, 0.4) is 0 Å². The van der Waals surface area contributed by atoms with Crippen LogP contribution in [0.15, 0.2) is 6.20 Å². The molecule has 122 valence electrons. The highest BCUT2D eigenvalue weighted by atomic mass is 16.6. The van der Waals surface area contributed by atoms with Crippen LogP contribution in [-0.2, 0) is 16.6 Å². The Labute approximate surface area is 127 Å². The van der Waals surface area contributed by atoms with Gasteiger partial charge in [0.15, 0.2) is 5.82 Å². The van der Waals surface area contributed by atoms with Gasteiger partial charge in [0.1, 0.15) is 5.60 Å². The van der Waals surface area contributed by atoms with E-state index in [1.54, 1.807) is 27.8 Å². The molecule has 22 heavy (non-hydrogen) atoms. The Bertz CT molecular complexity index is 573. The van der Waals surface area contributed by atoms with Crippen LogP contribution in [0, 0.1) is 0 Å². The van der Waals surface area contributed by atoms with Crippen molar-refractivity contribution in [1.29, 1.82) is 0 Å². The van der Waals surface area contributed by atoms with Gasteiger partial charge in [-0.05, 0) is 20.8 Å². The lowest BCUT2D eigenvalue weighted by Crippen LogP contribution is -2.28. The summed E-state index contributed by atoms with van der Waals surface area (Å²) >= 11 is 0. The van der Waals surface area contributed by atoms with Gasteiger partial charge >= 0.3 is 12.1 Å². The Hall–Kier alpha value is -2.58. The number of aryl methyl sites for hydroxylation is 1. The first-order valence-corrected chi connectivity index (χ1v) is 6.62. The zero-order valence-electron chi connectivity index (χ0n) is 13.0. The van der Waals surface area contributed by atoms with Gasteiger partial charge in [0.05, 0.1) is 6.42 Å². The number of amides is 2. The topological polar surface area (TPSA) is 123 Å². The molecule has 1 aromatic rings. The minimum absolute atomic E-state index is 0.00411. The van der Waals surface area contributed by atoms with Crippen LogP contribution in [0.25, 0.3) is 0 Å². The van der Waals surface area contributed by atoms with E-state index in [0.29, 0.717) is 0 Å². The number of aliphatic carboxylic acids is 1. The van der Waals surface area contributed by atoms with Gasteiger partial charge in [-0.2, -0.15) is 0 Å². The van der Waals surface area contributed by atoms with Gasteiger partial charge in [0.2, 0.25) is 5.82 Å². The average Bonchev–Trinajstić information content (AvgIpc) is 2.66. The summed E-state index contributed by atoms with van der Waals surface area (Å²) < 4.78 is 6.50. The summed E-state index contributed by atoms with van der Waals surface area (Å²) in [5, 5.41) is 13.4. The lowest BCUT2D eigenvalue weighted by atomic mass is 10.2. The number of nitrogens with zero attached hydrogens (tertiary/aromatic N) is 2. The fourth-order valence-corrected chi connectivity index (χ4v) is 1.51. The summed E-state index contributed by atoms with van der Waals surface area (Å²) in [6, 6.07) is 0. The monoisotopic (exact) mass is 312 g/mol. The first-order valence-electron chi connectivity index (χ1n) is 6.62. The molecule has 0 atom stereocenters. The largest absolute Gasteiger partial charge is 0.481 e. The second kappa shape index (κ2) is 6.92. The maximum Gasteiger partial charge on any atom is 0.413 e. The lowest BCUT2D eigenvalue weighted by Gasteiger charge is -2.18. The van der Waals surface area contributed by atoms with Crippen molar-refractivity contribution >= 4 is 23.8 Å². The number of carboxylic acid groups (broad SMARTS) is 1. The van der Waals surface area contributed by atoms with Crippen LogP contribution >= 0.6 is 0 Å². The van der Waals surface area contributed by atoms with Gasteiger partial charge in [-0.3, -0.25) is 14.9 Å². The molecule has 0 bridgehead atoms. The Morgan fingerprint density at radius 3 is 2.55 bits per heavy atom. The molecule has 0 aliphatic rings. The van der Waals surface area contributed by atoms with Crippen LogP contribution in [0.4, 0.5) is 10.6 Å². The third-order valence-electron chi connectivity index (χ3n) is 2.33. The van der Waals surface area contributed by atoms with E-state index >= 15 is 0 Å². The summed E-state index contributed by atoms with van der Waals surface area (Å²) in [6.45, 7) is 5.18. The van der Waals surface area contributed by atoms with Gasteiger partial charge in [-0.25, -0.2) is 9.78 Å². The predicted molar refractivity (Wildman–Crippen MR) is 77.7 cm³/mol. The normalized spacial score (nSPS) is 10.9. The van der Waals surface area contributed by atoms with E-state index in [1.807, 2.05) is 0 Å². The molecule has 0 aliphatic heterocycles. The molecule has 0 radical (unpaired) electrons. The Morgan fingerprint density at radius 2 is 2.00 bits per heavy atom. The van der Waals surface area contributed by atoms with Crippen molar-refractivity contribution in [2.24, 2.45) is 7.05 Å². The molecular formula is C13H20N4O5. The number of carboxylic acids is 1. The first kappa shape index (κ1) is 17.5. The number of carbonyl (C=O) groups is 3. The second-order valence-corrected chi connectivity index (χ2v) is 5.59. The predicted octanol–water partition coefficient (Wildman–Crippen LogP) is 0.972. The summed E-state index contributed by atoms with van der Waals surface area (Å²) in [5.74, 6) is -1.31. The van der Waals surface area contributed by atoms with Crippen molar-refractivity contribution in [3.8, 4) is 0 Å². The molecule has 0 aliphatic carbocycles. The number of anilines is 1. The molecule has 0 spiro atoms. The van der Waals surface area contributed by atoms with Crippen LogP contribution < -0.4 is 10.6 Å². The highest BCUT2D eigenvalue weighted by Crippen LogP contribution is 2.11. The van der Waals surface area contributed by atoms with Gasteiger partial charge in [0.25, 0.3) is 5.91 Å². The average molecular weight is 312 g/mol. The molecular weight excluding hydrogens is 292 g/mol. The third kappa shape index (κ3) is 5.81. The number of carbonyl (C=O) groups excluding carboxylic acids is 2. The quantitative estimate of drug-likeness (QED) is 0.744. The van der Waals surface area contributed by atoms with Crippen molar-refractivity contribution in [2.45, 2.75) is 32.8 Å². The van der Waals surface area contributed by atoms with Gasteiger partial charge in [-0.15, -0.1) is 0 Å². The Kier molecular flexibility index (Phi) is 5.50. The van der Waals surface area contributed by atoms with E-state index < -0.39 is 23.6 Å². The van der Waals surface area contributed by atoms with E-state index in [1.165, 1.54) is 10.8 Å². The molecule has 1 aromatic heterocycles. The smallest absolute Gasteiger partial charge is 0.413 e. The van der Waals surface area contributed by atoms with Gasteiger partial charge in [-0.1, -0.05) is 0 Å². The lowest BCUT2D eigenvalue weighted by molar-refractivity contribution is -0.136. The molecule has 0 saturated heterocycles. The Morgan fingerprint density at radius 1 is 1.36 bits per heavy atom. The van der Waals surface area contributed by atoms with Gasteiger partial charge < -0.3 is 19.7 Å². The number of imidazole rings is 1. The maximum absolute atomic E-state index is 11.8. The summed E-state index contributed by atoms with van der Waals surface area (Å²) in [6.07, 6.45) is 0.596. The Balaban J connectivity index is 2.65. The molecule has 1 heterocycles. The van der Waals surface area contributed by atoms with Crippen molar-refractivity contribution < 1.29 is 24.2 Å². The number of ether oxygens (including phenoxy) is 1. The minimum Gasteiger partial charge on any atom is -0.481 e. The number of hydrogen-bond acceptors (Lipinski definition) is 5. The second-order valence-electron chi connectivity index (χ2n) is 5.59. The number of hydrogen-bond donors (Lipinski definition) is 3. The maximum atomic E-state index is 11.8. The zero-order valence-corrected chi connectivity index (χ0v) is 13.0. The van der Waals surface area contributed by atoms with Crippen LogP contribution in [0.2, 0.25) is 0 Å². The van der Waals surface area contributed by atoms with E-state index in [-0.39, 0.29) is 24.6 Å². The van der Waals surface area contributed by atoms with E-state index in [0.717, 1.165) is 0 Å². The number of nitrogens with one attached hydrogen (secondary N) is 2. The van der Waals surface area contributed by atoms with Crippen LogP contribution in [0.5, 0.6) is 0 Å². The fourth-order valence-electron chi connectivity index (χ4n) is 1.51. The minimum atomic E-state index is -1.01. The number of rotatable bonds is 5. The molecule has 0 fully saturated rings. The van der Waals surface area contributed by atoms with E-state index in [2.05, 4.69) is 15.6 Å². The first-order chi connectivity index (χ1) is 10.1. The summed E-state index contributed by atoms with van der Waals surface area (Å²) in [7, 11) is 1.58. The molecule has 9 heteroatoms. The molecule has 0 saturated carbocycles. The molecule has 3 N–H and O–H groups in total. The van der Waals surface area contributed by atoms with Crippen molar-refractivity contribution in [1.82, 2.24) is 14.9 Å². The fraction of sp³-hybridized carbons (Fsp3) is 0.538. The van der Waals surface area contributed by atoms with Crippen molar-refractivity contribution in [3.63, 3.8) is 0 Å². The molecule has 0 unspecified atom stereocenters. The molecule has 0 aromatic carbocycles. The standard InChI is InChI=1S/C13H20N4O5/c1-13(2,3)22-12(21)16-8-7-17(4)10(15-8)11(20)14-6-5-9(18)19/h7H,5-6H2,1-4H3,(H,14,20)(H,16,21)(H,18,19). The zero-order chi connectivity index (χ0) is 16.9. The van der Waals surface area contributed by atoms with E-state index in [9.17, 15) is 14.4 Å². The third-order valence-corrected chi connectivity index (χ3v) is 2.33. The van der Waals surface area contributed by atoms with Crippen LogP contribution in [-0.4, -0.2) is 44.8 Å². The van der Waals surface area contributed by atoms with Gasteiger partial charge in [0, 0.05) is 19.8 Å². The van der Waals surface area contributed by atoms with Crippen molar-refractivity contribution in [3.05, 3.63) is 12.0 Å². The highest BCUT2D eigenvalue weighted by molar-refractivity contribution is 5.92. The SMILES string of the molecule is Cn1cc(NC(=O)OC(C)(C)C)nc1C(=O)NCCC(=O)O. The molecule has 9 nitrogen and oxygen atoms in total. The molecule has 1 rings (SSSR count). The summed E-state index contributed by atoms with van der Waals surface area (Å²) in [4.78, 5) is 37.8. The van der Waals surface area contributed by atoms with Crippen molar-refractivity contribution in [2.75, 3.05) is 11.9 Å².